The Labute approximate surface area is 162 Å². The van der Waals surface area contributed by atoms with Crippen molar-refractivity contribution in [3.05, 3.63) is 59.1 Å². The van der Waals surface area contributed by atoms with Gasteiger partial charge in [-0.2, -0.15) is 0 Å². The van der Waals surface area contributed by atoms with Crippen LogP contribution in [-0.2, 0) is 19.6 Å². The number of halogens is 1. The lowest BCUT2D eigenvalue weighted by atomic mass is 10.2. The molecule has 0 aliphatic heterocycles. The van der Waals surface area contributed by atoms with Crippen LogP contribution in [0.5, 0.6) is 0 Å². The highest BCUT2D eigenvalue weighted by Gasteiger charge is 2.05. The van der Waals surface area contributed by atoms with E-state index in [0.717, 1.165) is 11.8 Å². The third-order valence-electron chi connectivity index (χ3n) is 3.19. The summed E-state index contributed by atoms with van der Waals surface area (Å²) in [5, 5.41) is 5.55. The number of nitrogens with one attached hydrogen (secondary N) is 3. The van der Waals surface area contributed by atoms with Gasteiger partial charge in [0, 0.05) is 24.4 Å². The molecule has 2 aromatic rings. The topological polar surface area (TPSA) is 104 Å². The van der Waals surface area contributed by atoms with E-state index in [9.17, 15) is 18.0 Å². The number of amides is 2. The molecule has 0 atom stereocenters. The molecule has 0 unspecified atom stereocenters. The largest absolute Gasteiger partial charge is 0.325 e. The van der Waals surface area contributed by atoms with E-state index < -0.39 is 10.0 Å². The molecule has 2 rings (SSSR count). The first kappa shape index (κ1) is 20.5. The van der Waals surface area contributed by atoms with Crippen LogP contribution in [0, 0.1) is 0 Å². The maximum atomic E-state index is 12.0. The van der Waals surface area contributed by atoms with Crippen molar-refractivity contribution in [3.63, 3.8) is 0 Å². The summed E-state index contributed by atoms with van der Waals surface area (Å²) < 4.78 is 24.7. The fourth-order valence-electron chi connectivity index (χ4n) is 2.12. The normalized spacial score (nSPS) is 11.2. The molecule has 9 heteroatoms. The van der Waals surface area contributed by atoms with E-state index in [0.29, 0.717) is 22.1 Å². The summed E-state index contributed by atoms with van der Waals surface area (Å²) in [4.78, 5) is 23.1. The Morgan fingerprint density at radius 2 is 1.63 bits per heavy atom. The monoisotopic (exact) mass is 407 g/mol. The van der Waals surface area contributed by atoms with Crippen molar-refractivity contribution in [2.24, 2.45) is 0 Å². The summed E-state index contributed by atoms with van der Waals surface area (Å²) >= 11 is 6.06. The van der Waals surface area contributed by atoms with E-state index in [1.165, 1.54) is 19.1 Å². The molecule has 27 heavy (non-hydrogen) atoms. The second kappa shape index (κ2) is 8.70. The summed E-state index contributed by atoms with van der Waals surface area (Å²) in [5.74, 6) is -0.606. The van der Waals surface area contributed by atoms with Crippen LogP contribution in [0.1, 0.15) is 12.5 Å². The van der Waals surface area contributed by atoms with Crippen molar-refractivity contribution < 1.29 is 18.0 Å². The fraction of sp³-hybridized carbons (Fsp3) is 0.111. The second-order valence-corrected chi connectivity index (χ2v) is 7.85. The first-order valence-corrected chi connectivity index (χ1v) is 10.0. The molecule has 0 saturated heterocycles. The van der Waals surface area contributed by atoms with Crippen molar-refractivity contribution in [2.75, 3.05) is 21.6 Å². The predicted molar refractivity (Wildman–Crippen MR) is 108 cm³/mol. The number of hydrogen-bond donors (Lipinski definition) is 3. The van der Waals surface area contributed by atoms with Crippen LogP contribution in [0.3, 0.4) is 0 Å². The van der Waals surface area contributed by atoms with Crippen LogP contribution < -0.4 is 15.4 Å². The van der Waals surface area contributed by atoms with E-state index in [-0.39, 0.29) is 11.8 Å². The van der Waals surface area contributed by atoms with Gasteiger partial charge in [-0.1, -0.05) is 23.7 Å². The van der Waals surface area contributed by atoms with Gasteiger partial charge in [0.25, 0.3) is 0 Å². The van der Waals surface area contributed by atoms with Crippen molar-refractivity contribution in [2.45, 2.75) is 6.92 Å². The lowest BCUT2D eigenvalue weighted by Gasteiger charge is -2.08. The van der Waals surface area contributed by atoms with E-state index >= 15 is 0 Å². The van der Waals surface area contributed by atoms with Crippen LogP contribution >= 0.6 is 11.6 Å². The summed E-state index contributed by atoms with van der Waals surface area (Å²) in [7, 11) is -3.33. The lowest BCUT2D eigenvalue weighted by molar-refractivity contribution is -0.114. The van der Waals surface area contributed by atoms with Gasteiger partial charge in [-0.25, -0.2) is 8.42 Å². The molecule has 7 nitrogen and oxygen atoms in total. The van der Waals surface area contributed by atoms with Crippen LogP contribution in [0.4, 0.5) is 17.1 Å². The summed E-state index contributed by atoms with van der Waals surface area (Å²) in [5.41, 5.74) is 2.10. The Bertz CT molecular complexity index is 986. The quantitative estimate of drug-likeness (QED) is 0.639. The molecule has 3 N–H and O–H groups in total. The van der Waals surface area contributed by atoms with E-state index in [2.05, 4.69) is 15.4 Å². The van der Waals surface area contributed by atoms with Crippen molar-refractivity contribution in [1.29, 1.82) is 0 Å². The zero-order valence-corrected chi connectivity index (χ0v) is 16.2. The smallest absolute Gasteiger partial charge is 0.248 e. The molecular formula is C18H18ClN3O4S. The Morgan fingerprint density at radius 3 is 2.19 bits per heavy atom. The minimum atomic E-state index is -3.33. The first-order chi connectivity index (χ1) is 12.6. The van der Waals surface area contributed by atoms with Crippen LogP contribution in [0.2, 0.25) is 5.02 Å². The SMILES string of the molecule is CC(=O)Nc1ccc(NC(=O)C=Cc2ccc(NS(C)(=O)=O)cc2)cc1Cl. The molecule has 0 fully saturated rings. The molecule has 0 aliphatic carbocycles. The lowest BCUT2D eigenvalue weighted by Crippen LogP contribution is -2.09. The van der Waals surface area contributed by atoms with Gasteiger partial charge >= 0.3 is 0 Å². The highest BCUT2D eigenvalue weighted by atomic mass is 35.5. The Hall–Kier alpha value is -2.84. The molecule has 0 spiro atoms. The molecular weight excluding hydrogens is 390 g/mol. The number of carbonyl (C=O) groups is 2. The minimum absolute atomic E-state index is 0.241. The number of carbonyl (C=O) groups excluding carboxylic acids is 2. The zero-order chi connectivity index (χ0) is 20.0. The predicted octanol–water partition coefficient (Wildman–Crippen LogP) is 3.32. The van der Waals surface area contributed by atoms with Gasteiger partial charge in [0.1, 0.15) is 0 Å². The summed E-state index contributed by atoms with van der Waals surface area (Å²) in [6.07, 6.45) is 4.00. The number of rotatable bonds is 6. The van der Waals surface area contributed by atoms with Crippen LogP contribution in [0.25, 0.3) is 6.08 Å². The first-order valence-electron chi connectivity index (χ1n) is 7.76. The van der Waals surface area contributed by atoms with Gasteiger partial charge in [-0.3, -0.25) is 14.3 Å². The van der Waals surface area contributed by atoms with Crippen LogP contribution in [-0.4, -0.2) is 26.5 Å². The Balaban J connectivity index is 1.99. The van der Waals surface area contributed by atoms with Gasteiger partial charge in [0.05, 0.1) is 17.0 Å². The third-order valence-corrected chi connectivity index (χ3v) is 4.11. The number of sulfonamides is 1. The molecule has 2 aromatic carbocycles. The number of hydrogen-bond acceptors (Lipinski definition) is 4. The highest BCUT2D eigenvalue weighted by Crippen LogP contribution is 2.25. The van der Waals surface area contributed by atoms with E-state index in [4.69, 9.17) is 11.6 Å². The van der Waals surface area contributed by atoms with E-state index in [1.54, 1.807) is 42.5 Å². The molecule has 0 saturated carbocycles. The van der Waals surface area contributed by atoms with Crippen LogP contribution in [0.15, 0.2) is 48.5 Å². The summed E-state index contributed by atoms with van der Waals surface area (Å²) in [6.45, 7) is 1.38. The molecule has 142 valence electrons. The van der Waals surface area contributed by atoms with Gasteiger partial charge in [-0.05, 0) is 42.0 Å². The van der Waals surface area contributed by atoms with Crippen molar-refractivity contribution >= 4 is 56.6 Å². The minimum Gasteiger partial charge on any atom is -0.325 e. The standard InChI is InChI=1S/C18H18ClN3O4S/c1-12(23)20-17-9-8-15(11-16(17)19)21-18(24)10-5-13-3-6-14(7-4-13)22-27(2,25)26/h3-11,22H,1-2H3,(H,20,23)(H,21,24). The average molecular weight is 408 g/mol. The van der Waals surface area contributed by atoms with Crippen molar-refractivity contribution in [3.8, 4) is 0 Å². The molecule has 0 aliphatic rings. The second-order valence-electron chi connectivity index (χ2n) is 5.69. The Kier molecular flexibility index (Phi) is 6.59. The van der Waals surface area contributed by atoms with Gasteiger partial charge in [0.2, 0.25) is 21.8 Å². The fourth-order valence-corrected chi connectivity index (χ4v) is 2.91. The van der Waals surface area contributed by atoms with Gasteiger partial charge < -0.3 is 10.6 Å². The van der Waals surface area contributed by atoms with Gasteiger partial charge in [0.15, 0.2) is 0 Å². The maximum Gasteiger partial charge on any atom is 0.248 e. The van der Waals surface area contributed by atoms with E-state index in [1.807, 2.05) is 0 Å². The molecule has 0 aromatic heterocycles. The molecule has 0 radical (unpaired) electrons. The molecule has 2 amide bonds. The third kappa shape index (κ3) is 7.12. The highest BCUT2D eigenvalue weighted by molar-refractivity contribution is 7.92. The molecule has 0 bridgehead atoms. The molecule has 0 heterocycles. The Morgan fingerprint density at radius 1 is 1.00 bits per heavy atom. The average Bonchev–Trinajstić information content (AvgIpc) is 2.55. The number of benzene rings is 2. The summed E-state index contributed by atoms with van der Waals surface area (Å²) in [6, 6.07) is 11.3. The zero-order valence-electron chi connectivity index (χ0n) is 14.6. The van der Waals surface area contributed by atoms with Crippen molar-refractivity contribution in [1.82, 2.24) is 0 Å². The van der Waals surface area contributed by atoms with Gasteiger partial charge in [-0.15, -0.1) is 0 Å². The maximum absolute atomic E-state index is 12.0. The number of anilines is 3.